The standard InChI is InChI=1S/C18H36S/c1-13(2)15(17(4,5)6)11-10-14(3)16(12-19)18(7,8)9/h14,16,19H,10-12H2,1-9H3. The summed E-state index contributed by atoms with van der Waals surface area (Å²) in [6.45, 7) is 20.9. The molecule has 0 fully saturated rings. The minimum atomic E-state index is 0.302. The van der Waals surface area contributed by atoms with Crippen molar-refractivity contribution in [1.29, 1.82) is 0 Å². The van der Waals surface area contributed by atoms with Crippen LogP contribution in [0.4, 0.5) is 0 Å². The Balaban J connectivity index is 4.76. The van der Waals surface area contributed by atoms with Crippen molar-refractivity contribution >= 4 is 12.6 Å². The molecule has 114 valence electrons. The fourth-order valence-electron chi connectivity index (χ4n) is 3.26. The first-order valence-corrected chi connectivity index (χ1v) is 8.32. The Morgan fingerprint density at radius 3 is 1.74 bits per heavy atom. The molecule has 0 aromatic carbocycles. The number of thiol groups is 1. The molecular weight excluding hydrogens is 248 g/mol. The summed E-state index contributed by atoms with van der Waals surface area (Å²) in [6.07, 6.45) is 2.51. The first-order chi connectivity index (χ1) is 8.41. The highest BCUT2D eigenvalue weighted by Crippen LogP contribution is 2.38. The summed E-state index contributed by atoms with van der Waals surface area (Å²) in [5, 5.41) is 0. The number of hydrogen-bond acceptors (Lipinski definition) is 1. The monoisotopic (exact) mass is 284 g/mol. The summed E-state index contributed by atoms with van der Waals surface area (Å²) in [5.41, 5.74) is 3.79. The second kappa shape index (κ2) is 7.20. The molecule has 0 rings (SSSR count). The SMILES string of the molecule is CC(C)=C(CCC(C)C(CS)C(C)(C)C)C(C)(C)C. The predicted molar refractivity (Wildman–Crippen MR) is 93.0 cm³/mol. The largest absolute Gasteiger partial charge is 0.179 e. The zero-order valence-electron chi connectivity index (χ0n) is 14.7. The summed E-state index contributed by atoms with van der Waals surface area (Å²) >= 11 is 4.58. The molecule has 0 aromatic heterocycles. The second-order valence-corrected chi connectivity index (χ2v) is 8.76. The highest BCUT2D eigenvalue weighted by molar-refractivity contribution is 7.80. The van der Waals surface area contributed by atoms with E-state index in [2.05, 4.69) is 74.9 Å². The third-order valence-corrected chi connectivity index (χ3v) is 4.75. The van der Waals surface area contributed by atoms with Crippen LogP contribution in [-0.4, -0.2) is 5.75 Å². The van der Waals surface area contributed by atoms with Crippen molar-refractivity contribution < 1.29 is 0 Å². The van der Waals surface area contributed by atoms with Crippen LogP contribution in [0.15, 0.2) is 11.1 Å². The lowest BCUT2D eigenvalue weighted by atomic mass is 9.72. The van der Waals surface area contributed by atoms with Crippen molar-refractivity contribution in [2.45, 2.75) is 75.2 Å². The minimum absolute atomic E-state index is 0.302. The lowest BCUT2D eigenvalue weighted by Crippen LogP contribution is -2.28. The van der Waals surface area contributed by atoms with Crippen LogP contribution in [0.1, 0.15) is 75.2 Å². The summed E-state index contributed by atoms with van der Waals surface area (Å²) in [6, 6.07) is 0. The molecule has 0 aliphatic heterocycles. The van der Waals surface area contributed by atoms with E-state index in [9.17, 15) is 0 Å². The number of hydrogen-bond donors (Lipinski definition) is 1. The van der Waals surface area contributed by atoms with Crippen LogP contribution in [0.25, 0.3) is 0 Å². The average Bonchev–Trinajstić information content (AvgIpc) is 2.13. The van der Waals surface area contributed by atoms with Crippen molar-refractivity contribution in [1.82, 2.24) is 0 Å². The van der Waals surface area contributed by atoms with E-state index in [0.29, 0.717) is 16.7 Å². The van der Waals surface area contributed by atoms with Crippen molar-refractivity contribution in [3.8, 4) is 0 Å². The van der Waals surface area contributed by atoms with Gasteiger partial charge in [-0.3, -0.25) is 0 Å². The molecule has 0 saturated carbocycles. The van der Waals surface area contributed by atoms with Crippen LogP contribution in [0, 0.1) is 22.7 Å². The Morgan fingerprint density at radius 1 is 1.00 bits per heavy atom. The van der Waals surface area contributed by atoms with Gasteiger partial charge in [0.15, 0.2) is 0 Å². The zero-order valence-corrected chi connectivity index (χ0v) is 15.6. The van der Waals surface area contributed by atoms with E-state index in [1.807, 2.05) is 0 Å². The van der Waals surface area contributed by atoms with Gasteiger partial charge in [-0.05, 0) is 55.1 Å². The Morgan fingerprint density at radius 2 is 1.47 bits per heavy atom. The van der Waals surface area contributed by atoms with Crippen LogP contribution in [0.5, 0.6) is 0 Å². The van der Waals surface area contributed by atoms with Crippen LogP contribution >= 0.6 is 12.6 Å². The Hall–Kier alpha value is 0.0900. The van der Waals surface area contributed by atoms with Crippen molar-refractivity contribution in [2.75, 3.05) is 5.75 Å². The van der Waals surface area contributed by atoms with Gasteiger partial charge in [0.1, 0.15) is 0 Å². The molecule has 0 spiro atoms. The Kier molecular flexibility index (Phi) is 7.23. The number of rotatable bonds is 5. The zero-order chi connectivity index (χ0) is 15.4. The molecule has 0 saturated heterocycles. The molecule has 0 radical (unpaired) electrons. The fourth-order valence-corrected chi connectivity index (χ4v) is 4.16. The molecule has 1 heteroatoms. The molecule has 0 amide bonds. The molecule has 0 heterocycles. The first-order valence-electron chi connectivity index (χ1n) is 7.69. The molecule has 2 unspecified atom stereocenters. The van der Waals surface area contributed by atoms with E-state index in [1.54, 1.807) is 5.57 Å². The van der Waals surface area contributed by atoms with Gasteiger partial charge in [0, 0.05) is 0 Å². The van der Waals surface area contributed by atoms with Gasteiger partial charge in [-0.15, -0.1) is 0 Å². The lowest BCUT2D eigenvalue weighted by molar-refractivity contribution is 0.184. The molecule has 0 aliphatic carbocycles. The number of allylic oxidation sites excluding steroid dienone is 2. The summed E-state index contributed by atoms with van der Waals surface area (Å²) in [5.74, 6) is 2.41. The van der Waals surface area contributed by atoms with E-state index in [1.165, 1.54) is 18.4 Å². The second-order valence-electron chi connectivity index (χ2n) is 8.40. The maximum atomic E-state index is 4.58. The molecule has 0 bridgehead atoms. The normalized spacial score (nSPS) is 16.1. The smallest absolute Gasteiger partial charge is 0.00620 e. The van der Waals surface area contributed by atoms with Gasteiger partial charge in [0.25, 0.3) is 0 Å². The van der Waals surface area contributed by atoms with Gasteiger partial charge in [-0.25, -0.2) is 0 Å². The van der Waals surface area contributed by atoms with Gasteiger partial charge in [0.2, 0.25) is 0 Å². The maximum absolute atomic E-state index is 4.58. The van der Waals surface area contributed by atoms with Crippen LogP contribution in [0.3, 0.4) is 0 Å². The minimum Gasteiger partial charge on any atom is -0.179 e. The van der Waals surface area contributed by atoms with Gasteiger partial charge in [0.05, 0.1) is 0 Å². The van der Waals surface area contributed by atoms with Gasteiger partial charge in [-0.1, -0.05) is 59.6 Å². The predicted octanol–water partition coefficient (Wildman–Crippen LogP) is 6.38. The highest BCUT2D eigenvalue weighted by atomic mass is 32.1. The van der Waals surface area contributed by atoms with E-state index in [4.69, 9.17) is 0 Å². The molecule has 0 aliphatic rings. The van der Waals surface area contributed by atoms with Gasteiger partial charge < -0.3 is 0 Å². The fraction of sp³-hybridized carbons (Fsp3) is 0.889. The van der Waals surface area contributed by atoms with Crippen molar-refractivity contribution in [3.63, 3.8) is 0 Å². The Bertz CT molecular complexity index is 295. The summed E-state index contributed by atoms with van der Waals surface area (Å²) < 4.78 is 0. The van der Waals surface area contributed by atoms with E-state index >= 15 is 0 Å². The molecule has 0 aromatic rings. The molecular formula is C18H36S. The third kappa shape index (κ3) is 6.38. The summed E-state index contributed by atoms with van der Waals surface area (Å²) in [7, 11) is 0. The lowest BCUT2D eigenvalue weighted by Gasteiger charge is -2.35. The average molecular weight is 285 g/mol. The topological polar surface area (TPSA) is 0 Å². The molecule has 19 heavy (non-hydrogen) atoms. The van der Waals surface area contributed by atoms with E-state index in [0.717, 1.165) is 11.7 Å². The van der Waals surface area contributed by atoms with Gasteiger partial charge >= 0.3 is 0 Å². The van der Waals surface area contributed by atoms with Crippen molar-refractivity contribution in [3.05, 3.63) is 11.1 Å². The first kappa shape index (κ1) is 19.1. The summed E-state index contributed by atoms with van der Waals surface area (Å²) in [4.78, 5) is 0. The van der Waals surface area contributed by atoms with Gasteiger partial charge in [-0.2, -0.15) is 12.6 Å². The van der Waals surface area contributed by atoms with Crippen LogP contribution < -0.4 is 0 Å². The van der Waals surface area contributed by atoms with E-state index < -0.39 is 0 Å². The molecule has 0 N–H and O–H groups in total. The van der Waals surface area contributed by atoms with Crippen LogP contribution in [-0.2, 0) is 0 Å². The molecule has 2 atom stereocenters. The van der Waals surface area contributed by atoms with Crippen LogP contribution in [0.2, 0.25) is 0 Å². The Labute approximate surface area is 127 Å². The maximum Gasteiger partial charge on any atom is -0.00620 e. The molecule has 0 nitrogen and oxygen atoms in total. The van der Waals surface area contributed by atoms with E-state index in [-0.39, 0.29) is 0 Å². The van der Waals surface area contributed by atoms with Crippen molar-refractivity contribution in [2.24, 2.45) is 22.7 Å². The highest BCUT2D eigenvalue weighted by Gasteiger charge is 2.29. The third-order valence-electron chi connectivity index (χ3n) is 4.35. The quantitative estimate of drug-likeness (QED) is 0.439.